The van der Waals surface area contributed by atoms with Gasteiger partial charge in [-0.15, -0.1) is 0 Å². The fraction of sp³-hybridized carbons (Fsp3) is 0.522. The molecule has 1 aromatic carbocycles. The summed E-state index contributed by atoms with van der Waals surface area (Å²) in [5, 5.41) is 10.5. The molecule has 1 aliphatic carbocycles. The van der Waals surface area contributed by atoms with Crippen molar-refractivity contribution in [1.82, 2.24) is 14.4 Å². The van der Waals surface area contributed by atoms with E-state index < -0.39 is 62.2 Å². The van der Waals surface area contributed by atoms with Crippen LogP contribution in [0.2, 0.25) is 0 Å². The summed E-state index contributed by atoms with van der Waals surface area (Å²) >= 11 is 0. The number of nitrogens with one attached hydrogen (secondary N) is 1. The van der Waals surface area contributed by atoms with E-state index in [4.69, 9.17) is 18.8 Å². The Hall–Kier alpha value is -2.83. The topological polar surface area (TPSA) is 149 Å². The quantitative estimate of drug-likeness (QED) is 0.244. The summed E-state index contributed by atoms with van der Waals surface area (Å²) < 4.78 is 45.6. The van der Waals surface area contributed by atoms with Gasteiger partial charge in [0.1, 0.15) is 24.0 Å². The van der Waals surface area contributed by atoms with Crippen molar-refractivity contribution in [1.29, 1.82) is 0 Å². The number of para-hydroxylation sites is 1. The summed E-state index contributed by atoms with van der Waals surface area (Å²) in [6.45, 7) is 2.19. The molecular weight excluding hydrogens is 512 g/mol. The van der Waals surface area contributed by atoms with Crippen molar-refractivity contribution in [2.75, 3.05) is 13.2 Å². The Morgan fingerprint density at radius 2 is 2.00 bits per heavy atom. The van der Waals surface area contributed by atoms with E-state index in [1.807, 2.05) is 4.98 Å². The highest BCUT2D eigenvalue weighted by Crippen LogP contribution is 2.42. The first kappa shape index (κ1) is 27.2. The van der Waals surface area contributed by atoms with Crippen LogP contribution in [0.3, 0.4) is 0 Å². The predicted molar refractivity (Wildman–Crippen MR) is 128 cm³/mol. The molecule has 0 radical (unpaired) electrons. The second-order valence-corrected chi connectivity index (χ2v) is 10.5. The highest BCUT2D eigenvalue weighted by atomic mass is 31.1. The minimum atomic E-state index is -3.30. The second-order valence-electron chi connectivity index (χ2n) is 9.20. The van der Waals surface area contributed by atoms with Crippen LogP contribution in [0.5, 0.6) is 5.75 Å². The van der Waals surface area contributed by atoms with Crippen LogP contribution in [0.25, 0.3) is 0 Å². The summed E-state index contributed by atoms with van der Waals surface area (Å²) in [6.07, 6.45) is -1.67. The minimum absolute atomic E-state index is 0.257. The Kier molecular flexibility index (Phi) is 8.29. The Bertz CT molecular complexity index is 1230. The molecule has 1 aliphatic heterocycles. The molecule has 202 valence electrons. The Morgan fingerprint density at radius 3 is 2.65 bits per heavy atom. The molecule has 1 saturated carbocycles. The van der Waals surface area contributed by atoms with Crippen LogP contribution in [0, 0.1) is 5.92 Å². The number of nitrogens with zero attached hydrogens (tertiary/aromatic N) is 2. The standard InChI is InChI=1S/C23H29FN3O9P/c1-14(20(30)33-12-15-8-9-15)27(36-16-6-4-3-5-7-16)37(32)34-13-17-19(29)23(2,24)21(35-17)26-11-10-18(28)25-22(26)31/h3-7,10-11,14-15,17,19,21,29,37H,8-9,12-13H2,1-2H3,(H,25,28,31)/t14?,17-,19-,21-,23-/m1/s1. The molecule has 6 atom stereocenters. The summed E-state index contributed by atoms with van der Waals surface area (Å²) in [4.78, 5) is 44.6. The van der Waals surface area contributed by atoms with Crippen LogP contribution in [0.4, 0.5) is 4.39 Å². The molecule has 1 saturated heterocycles. The maximum atomic E-state index is 15.4. The molecule has 2 aliphatic rings. The van der Waals surface area contributed by atoms with E-state index in [2.05, 4.69) is 0 Å². The number of aromatic nitrogens is 2. The average Bonchev–Trinajstić information content (AvgIpc) is 3.67. The molecule has 2 N–H and O–H groups in total. The Morgan fingerprint density at radius 1 is 1.30 bits per heavy atom. The summed E-state index contributed by atoms with van der Waals surface area (Å²) in [5.74, 6) is -0.0418. The largest absolute Gasteiger partial charge is 0.464 e. The van der Waals surface area contributed by atoms with Crippen molar-refractivity contribution in [2.45, 2.75) is 56.8 Å². The van der Waals surface area contributed by atoms with Crippen LogP contribution >= 0.6 is 8.18 Å². The van der Waals surface area contributed by atoms with Gasteiger partial charge < -0.3 is 23.9 Å². The van der Waals surface area contributed by atoms with Crippen molar-refractivity contribution >= 4 is 14.1 Å². The number of ether oxygens (including phenoxy) is 2. The van der Waals surface area contributed by atoms with Crippen molar-refractivity contribution in [3.8, 4) is 5.75 Å². The zero-order valence-electron chi connectivity index (χ0n) is 20.2. The molecule has 4 rings (SSSR count). The molecule has 2 heterocycles. The van der Waals surface area contributed by atoms with Crippen LogP contribution in [0.1, 0.15) is 32.9 Å². The van der Waals surface area contributed by atoms with Gasteiger partial charge in [0.2, 0.25) is 0 Å². The van der Waals surface area contributed by atoms with Crippen molar-refractivity contribution in [3.63, 3.8) is 0 Å². The van der Waals surface area contributed by atoms with Gasteiger partial charge in [-0.1, -0.05) is 23.0 Å². The number of esters is 1. The molecule has 0 bridgehead atoms. The molecule has 1 aromatic heterocycles. The number of hydrogen-bond donors (Lipinski definition) is 2. The van der Waals surface area contributed by atoms with Crippen LogP contribution < -0.4 is 16.1 Å². The molecule has 0 spiro atoms. The van der Waals surface area contributed by atoms with E-state index in [1.54, 1.807) is 30.3 Å². The van der Waals surface area contributed by atoms with Crippen LogP contribution in [-0.2, 0) is 23.4 Å². The maximum absolute atomic E-state index is 15.4. The molecular formula is C23H29FN3O9P. The number of benzene rings is 1. The number of carbonyl (C=O) groups excluding carboxylic acids is 1. The minimum Gasteiger partial charge on any atom is -0.464 e. The normalized spacial score (nSPS) is 27.1. The van der Waals surface area contributed by atoms with Gasteiger partial charge in [-0.25, -0.2) is 9.18 Å². The summed E-state index contributed by atoms with van der Waals surface area (Å²) in [5.41, 5.74) is -4.06. The van der Waals surface area contributed by atoms with Crippen molar-refractivity contribution in [2.24, 2.45) is 5.92 Å². The van der Waals surface area contributed by atoms with Gasteiger partial charge in [-0.05, 0) is 44.7 Å². The van der Waals surface area contributed by atoms with Gasteiger partial charge in [-0.2, -0.15) is 0 Å². The van der Waals surface area contributed by atoms with Gasteiger partial charge in [-0.3, -0.25) is 23.7 Å². The van der Waals surface area contributed by atoms with E-state index in [9.17, 15) is 24.1 Å². The van der Waals surface area contributed by atoms with E-state index in [-0.39, 0.29) is 12.4 Å². The van der Waals surface area contributed by atoms with E-state index in [1.165, 1.54) is 6.92 Å². The van der Waals surface area contributed by atoms with Gasteiger partial charge in [0, 0.05) is 12.3 Å². The Balaban J connectivity index is 1.45. The predicted octanol–water partition coefficient (Wildman–Crippen LogP) is 1.57. The number of aliphatic hydroxyl groups is 1. The van der Waals surface area contributed by atoms with E-state index in [0.717, 1.165) is 41.4 Å². The van der Waals surface area contributed by atoms with E-state index in [0.29, 0.717) is 5.92 Å². The molecule has 37 heavy (non-hydrogen) atoms. The fourth-order valence-corrected chi connectivity index (χ4v) is 4.79. The number of aliphatic hydroxyl groups excluding tert-OH is 1. The van der Waals surface area contributed by atoms with Gasteiger partial charge in [0.05, 0.1) is 13.2 Å². The van der Waals surface area contributed by atoms with E-state index >= 15 is 4.39 Å². The first-order chi connectivity index (χ1) is 17.6. The van der Waals surface area contributed by atoms with Crippen LogP contribution in [-0.4, -0.2) is 62.6 Å². The highest BCUT2D eigenvalue weighted by Gasteiger charge is 2.55. The first-order valence-corrected chi connectivity index (χ1v) is 13.0. The number of alkyl halides is 1. The van der Waals surface area contributed by atoms with Gasteiger partial charge in [0.15, 0.2) is 11.9 Å². The molecule has 2 fully saturated rings. The fourth-order valence-electron chi connectivity index (χ4n) is 3.75. The zero-order chi connectivity index (χ0) is 26.7. The average molecular weight is 541 g/mol. The molecule has 12 nitrogen and oxygen atoms in total. The summed E-state index contributed by atoms with van der Waals surface area (Å²) in [7, 11) is -3.30. The number of hydrogen-bond acceptors (Lipinski definition) is 9. The molecule has 0 amide bonds. The molecule has 2 aromatic rings. The second kappa shape index (κ2) is 11.3. The number of rotatable bonds is 11. The third kappa shape index (κ3) is 6.36. The third-order valence-electron chi connectivity index (χ3n) is 6.17. The molecule has 14 heteroatoms. The Labute approximate surface area is 211 Å². The lowest BCUT2D eigenvalue weighted by Crippen LogP contribution is -2.43. The number of aromatic amines is 1. The van der Waals surface area contributed by atoms with Crippen LogP contribution in [0.15, 0.2) is 52.2 Å². The molecule has 2 unspecified atom stereocenters. The first-order valence-electron chi connectivity index (χ1n) is 11.8. The maximum Gasteiger partial charge on any atom is 0.330 e. The summed E-state index contributed by atoms with van der Waals surface area (Å²) in [6, 6.07) is 8.21. The van der Waals surface area contributed by atoms with Gasteiger partial charge >= 0.3 is 11.7 Å². The number of hydroxylamine groups is 1. The van der Waals surface area contributed by atoms with Gasteiger partial charge in [0.25, 0.3) is 13.7 Å². The van der Waals surface area contributed by atoms with Crippen molar-refractivity contribution < 1.29 is 37.7 Å². The third-order valence-corrected chi connectivity index (χ3v) is 7.42. The number of H-pyrrole nitrogens is 1. The smallest absolute Gasteiger partial charge is 0.330 e. The highest BCUT2D eigenvalue weighted by molar-refractivity contribution is 7.36. The van der Waals surface area contributed by atoms with Crippen molar-refractivity contribution in [3.05, 3.63) is 63.4 Å². The monoisotopic (exact) mass is 541 g/mol. The lowest BCUT2D eigenvalue weighted by atomic mass is 9.98. The zero-order valence-corrected chi connectivity index (χ0v) is 21.2. The SMILES string of the molecule is CC(C(=O)OCC1CC1)N(Oc1ccccc1)[PH](=O)OC[C@H]1O[C@@H](n2ccc(=O)[nH]c2=O)[C@](C)(F)[C@@H]1O. The number of halogens is 1. The number of carbonyl (C=O) groups is 1. The lowest BCUT2D eigenvalue weighted by Gasteiger charge is -2.27. The lowest BCUT2D eigenvalue weighted by molar-refractivity contribution is -0.155.